The van der Waals surface area contributed by atoms with Gasteiger partial charge in [-0.2, -0.15) is 0 Å². The molecule has 0 amide bonds. The van der Waals surface area contributed by atoms with Crippen molar-refractivity contribution >= 4 is 25.8 Å². The Kier molecular flexibility index (Phi) is 4.70. The zero-order valence-corrected chi connectivity index (χ0v) is 11.4. The number of nitrogens with one attached hydrogen (secondary N) is 1. The van der Waals surface area contributed by atoms with Gasteiger partial charge >= 0.3 is 0 Å². The molecular weight excluding hydrogens is 290 g/mol. The summed E-state index contributed by atoms with van der Waals surface area (Å²) in [6.45, 7) is 5.09. The lowest BCUT2D eigenvalue weighted by molar-refractivity contribution is 0.602. The fourth-order valence-corrected chi connectivity index (χ4v) is 2.03. The Morgan fingerprint density at radius 3 is 2.38 bits per heavy atom. The van der Waals surface area contributed by atoms with Gasteiger partial charge in [-0.3, -0.25) is 0 Å². The van der Waals surface area contributed by atoms with E-state index in [1.54, 1.807) is 24.3 Å². The third-order valence-corrected chi connectivity index (χ3v) is 3.41. The predicted octanol–water partition coefficient (Wildman–Crippen LogP) is 2.09. The third-order valence-electron chi connectivity index (χ3n) is 2.00. The fourth-order valence-electron chi connectivity index (χ4n) is 1.20. The van der Waals surface area contributed by atoms with Gasteiger partial charge in [0.2, 0.25) is 0 Å². The van der Waals surface area contributed by atoms with Crippen LogP contribution in [0.2, 0.25) is 0 Å². The lowest BCUT2D eigenvalue weighted by atomic mass is 10.2. The summed E-state index contributed by atoms with van der Waals surface area (Å²) in [5.74, 6) is 0. The molecule has 1 aromatic carbocycles. The van der Waals surface area contributed by atoms with E-state index in [1.165, 1.54) is 6.26 Å². The second kappa shape index (κ2) is 5.61. The molecule has 0 atom stereocenters. The van der Waals surface area contributed by atoms with Crippen LogP contribution in [0, 0.1) is 0 Å². The van der Waals surface area contributed by atoms with Crippen molar-refractivity contribution < 1.29 is 8.42 Å². The maximum absolute atomic E-state index is 11.2. The van der Waals surface area contributed by atoms with Crippen LogP contribution in [0.15, 0.2) is 40.2 Å². The fraction of sp³-hybridized carbons (Fsp3) is 0.273. The molecule has 0 heterocycles. The Balaban J connectivity index is 2.62. The highest BCUT2D eigenvalue weighted by molar-refractivity contribution is 9.11. The van der Waals surface area contributed by atoms with E-state index in [-0.39, 0.29) is 0 Å². The summed E-state index contributed by atoms with van der Waals surface area (Å²) in [5.41, 5.74) is 1.04. The first-order chi connectivity index (χ1) is 7.39. The topological polar surface area (TPSA) is 46.2 Å². The SMILES string of the molecule is C=C(Br)CNCc1ccc(S(C)(=O)=O)cc1. The van der Waals surface area contributed by atoms with E-state index >= 15 is 0 Å². The van der Waals surface area contributed by atoms with Crippen molar-refractivity contribution in [3.63, 3.8) is 0 Å². The molecule has 0 radical (unpaired) electrons. The van der Waals surface area contributed by atoms with E-state index in [2.05, 4.69) is 27.8 Å². The molecule has 16 heavy (non-hydrogen) atoms. The summed E-state index contributed by atoms with van der Waals surface area (Å²) in [6, 6.07) is 6.85. The first kappa shape index (κ1) is 13.4. The van der Waals surface area contributed by atoms with E-state index in [0.29, 0.717) is 18.0 Å². The molecular formula is C11H14BrNO2S. The van der Waals surface area contributed by atoms with Crippen molar-refractivity contribution in [1.29, 1.82) is 0 Å². The molecule has 88 valence electrons. The van der Waals surface area contributed by atoms with Gasteiger partial charge in [-0.05, 0) is 17.7 Å². The average Bonchev–Trinajstić information content (AvgIpc) is 2.16. The van der Waals surface area contributed by atoms with Gasteiger partial charge < -0.3 is 5.32 Å². The van der Waals surface area contributed by atoms with Crippen molar-refractivity contribution in [2.45, 2.75) is 11.4 Å². The third kappa shape index (κ3) is 4.47. The highest BCUT2D eigenvalue weighted by Gasteiger charge is 2.05. The van der Waals surface area contributed by atoms with E-state index in [4.69, 9.17) is 0 Å². The van der Waals surface area contributed by atoms with Gasteiger partial charge in [0.15, 0.2) is 9.84 Å². The number of hydrogen-bond acceptors (Lipinski definition) is 3. The standard InChI is InChI=1S/C11H14BrNO2S/c1-9(12)7-13-8-10-3-5-11(6-4-10)16(2,14)15/h3-6,13H,1,7-8H2,2H3. The van der Waals surface area contributed by atoms with Crippen molar-refractivity contribution in [1.82, 2.24) is 5.32 Å². The average molecular weight is 304 g/mol. The second-order valence-electron chi connectivity index (χ2n) is 3.54. The van der Waals surface area contributed by atoms with Crippen LogP contribution in [0.4, 0.5) is 0 Å². The van der Waals surface area contributed by atoms with E-state index < -0.39 is 9.84 Å². The van der Waals surface area contributed by atoms with Gasteiger partial charge in [-0.25, -0.2) is 8.42 Å². The van der Waals surface area contributed by atoms with Crippen LogP contribution in [-0.2, 0) is 16.4 Å². The van der Waals surface area contributed by atoms with E-state index in [0.717, 1.165) is 10.0 Å². The van der Waals surface area contributed by atoms with Crippen LogP contribution >= 0.6 is 15.9 Å². The van der Waals surface area contributed by atoms with Crippen molar-refractivity contribution in [3.8, 4) is 0 Å². The number of benzene rings is 1. The zero-order chi connectivity index (χ0) is 12.2. The second-order valence-corrected chi connectivity index (χ2v) is 6.67. The molecule has 0 fully saturated rings. The van der Waals surface area contributed by atoms with Crippen molar-refractivity contribution in [3.05, 3.63) is 40.9 Å². The van der Waals surface area contributed by atoms with Gasteiger partial charge in [0.05, 0.1) is 4.90 Å². The molecule has 0 spiro atoms. The first-order valence-corrected chi connectivity index (χ1v) is 7.41. The monoisotopic (exact) mass is 303 g/mol. The number of rotatable bonds is 5. The van der Waals surface area contributed by atoms with Crippen LogP contribution in [0.3, 0.4) is 0 Å². The molecule has 0 saturated heterocycles. The number of sulfone groups is 1. The quantitative estimate of drug-likeness (QED) is 0.906. The molecule has 1 aromatic rings. The summed E-state index contributed by atoms with van der Waals surface area (Å²) >= 11 is 3.25. The molecule has 1 N–H and O–H groups in total. The summed E-state index contributed by atoms with van der Waals surface area (Å²) < 4.78 is 23.3. The summed E-state index contributed by atoms with van der Waals surface area (Å²) in [5, 5.41) is 3.16. The lowest BCUT2D eigenvalue weighted by Crippen LogP contribution is -2.14. The van der Waals surface area contributed by atoms with Gasteiger partial charge in [0.1, 0.15) is 0 Å². The number of hydrogen-bond donors (Lipinski definition) is 1. The molecule has 5 heteroatoms. The van der Waals surface area contributed by atoms with Gasteiger partial charge in [0, 0.05) is 23.8 Å². The minimum Gasteiger partial charge on any atom is -0.308 e. The Morgan fingerprint density at radius 1 is 1.38 bits per heavy atom. The molecule has 0 aliphatic rings. The summed E-state index contributed by atoms with van der Waals surface area (Å²) in [4.78, 5) is 0.348. The van der Waals surface area contributed by atoms with Crippen LogP contribution in [-0.4, -0.2) is 21.2 Å². The minimum atomic E-state index is -3.10. The molecule has 0 aromatic heterocycles. The lowest BCUT2D eigenvalue weighted by Gasteiger charge is -2.04. The largest absolute Gasteiger partial charge is 0.308 e. The molecule has 0 aliphatic carbocycles. The maximum Gasteiger partial charge on any atom is 0.175 e. The van der Waals surface area contributed by atoms with Gasteiger partial charge in [0.25, 0.3) is 0 Å². The molecule has 0 aliphatic heterocycles. The minimum absolute atomic E-state index is 0.348. The normalized spacial score (nSPS) is 11.4. The van der Waals surface area contributed by atoms with Crippen LogP contribution in [0.1, 0.15) is 5.56 Å². The maximum atomic E-state index is 11.2. The highest BCUT2D eigenvalue weighted by Crippen LogP contribution is 2.10. The smallest absolute Gasteiger partial charge is 0.175 e. The highest BCUT2D eigenvalue weighted by atomic mass is 79.9. The van der Waals surface area contributed by atoms with Crippen LogP contribution in [0.5, 0.6) is 0 Å². The summed E-state index contributed by atoms with van der Waals surface area (Å²) in [7, 11) is -3.10. The molecule has 0 saturated carbocycles. The van der Waals surface area contributed by atoms with E-state index in [1.807, 2.05) is 0 Å². The first-order valence-electron chi connectivity index (χ1n) is 4.72. The van der Waals surface area contributed by atoms with Crippen molar-refractivity contribution in [2.24, 2.45) is 0 Å². The van der Waals surface area contributed by atoms with Gasteiger partial charge in [-0.1, -0.05) is 34.6 Å². The van der Waals surface area contributed by atoms with Crippen LogP contribution in [0.25, 0.3) is 0 Å². The number of halogens is 1. The molecule has 3 nitrogen and oxygen atoms in total. The van der Waals surface area contributed by atoms with Crippen molar-refractivity contribution in [2.75, 3.05) is 12.8 Å². The Bertz CT molecular complexity index is 465. The Morgan fingerprint density at radius 2 is 1.94 bits per heavy atom. The Hall–Kier alpha value is -0.650. The molecule has 0 bridgehead atoms. The molecule has 0 unspecified atom stereocenters. The Labute approximate surface area is 105 Å². The van der Waals surface area contributed by atoms with Crippen LogP contribution < -0.4 is 5.32 Å². The zero-order valence-electron chi connectivity index (χ0n) is 9.03. The predicted molar refractivity (Wildman–Crippen MR) is 69.3 cm³/mol. The van der Waals surface area contributed by atoms with E-state index in [9.17, 15) is 8.42 Å². The molecule has 1 rings (SSSR count). The summed E-state index contributed by atoms with van der Waals surface area (Å²) in [6.07, 6.45) is 1.20. The van der Waals surface area contributed by atoms with Gasteiger partial charge in [-0.15, -0.1) is 0 Å².